The zero-order chi connectivity index (χ0) is 17.2. The van der Waals surface area contributed by atoms with Crippen LogP contribution in [0, 0.1) is 12.8 Å². The van der Waals surface area contributed by atoms with Crippen LogP contribution in [-0.4, -0.2) is 32.4 Å². The van der Waals surface area contributed by atoms with Crippen LogP contribution < -0.4 is 5.32 Å². The molecule has 0 saturated heterocycles. The molecular formula is C20H24N4O. The Bertz CT molecular complexity index is 865. The highest BCUT2D eigenvalue weighted by atomic mass is 16.3. The molecule has 1 saturated carbocycles. The van der Waals surface area contributed by atoms with Crippen molar-refractivity contribution in [1.29, 1.82) is 0 Å². The minimum atomic E-state index is 0.319. The monoisotopic (exact) mass is 336 g/mol. The summed E-state index contributed by atoms with van der Waals surface area (Å²) in [5.41, 5.74) is 4.23. The quantitative estimate of drug-likeness (QED) is 0.763. The molecule has 0 atom stereocenters. The van der Waals surface area contributed by atoms with Gasteiger partial charge in [-0.2, -0.15) is 0 Å². The summed E-state index contributed by atoms with van der Waals surface area (Å²) in [4.78, 5) is 0. The van der Waals surface area contributed by atoms with Crippen molar-refractivity contribution in [1.82, 2.24) is 14.6 Å². The summed E-state index contributed by atoms with van der Waals surface area (Å²) in [6.45, 7) is 2.40. The van der Waals surface area contributed by atoms with Crippen LogP contribution in [0.5, 0.6) is 0 Å². The summed E-state index contributed by atoms with van der Waals surface area (Å²) in [5, 5.41) is 21.6. The maximum atomic E-state index is 9.28. The number of nitrogens with zero attached hydrogens (tertiary/aromatic N) is 3. The third-order valence-corrected chi connectivity index (χ3v) is 5.15. The second kappa shape index (κ2) is 6.84. The maximum Gasteiger partial charge on any atom is 0.168 e. The molecule has 0 unspecified atom stereocenters. The molecule has 1 aromatic carbocycles. The molecule has 2 aromatic heterocycles. The van der Waals surface area contributed by atoms with Gasteiger partial charge in [-0.1, -0.05) is 23.8 Å². The molecule has 0 amide bonds. The molecule has 0 radical (unpaired) electrons. The van der Waals surface area contributed by atoms with E-state index in [0.717, 1.165) is 48.4 Å². The van der Waals surface area contributed by atoms with Crippen LogP contribution in [0.15, 0.2) is 42.6 Å². The van der Waals surface area contributed by atoms with Crippen LogP contribution in [0.1, 0.15) is 31.2 Å². The van der Waals surface area contributed by atoms with Crippen molar-refractivity contribution in [3.63, 3.8) is 0 Å². The van der Waals surface area contributed by atoms with Gasteiger partial charge in [0.05, 0.1) is 5.69 Å². The summed E-state index contributed by atoms with van der Waals surface area (Å²) in [6.07, 6.45) is 6.49. The number of benzene rings is 1. The molecule has 5 nitrogen and oxygen atoms in total. The number of hydrogen-bond donors (Lipinski definition) is 2. The number of nitrogens with one attached hydrogen (secondary N) is 1. The predicted octanol–water partition coefficient (Wildman–Crippen LogP) is 3.67. The summed E-state index contributed by atoms with van der Waals surface area (Å²) < 4.78 is 2.05. The first kappa shape index (κ1) is 16.1. The highest BCUT2D eigenvalue weighted by molar-refractivity contribution is 5.62. The highest BCUT2D eigenvalue weighted by Crippen LogP contribution is 2.27. The lowest BCUT2D eigenvalue weighted by molar-refractivity contribution is 0.186. The number of aromatic nitrogens is 3. The van der Waals surface area contributed by atoms with Crippen molar-refractivity contribution in [2.24, 2.45) is 5.92 Å². The lowest BCUT2D eigenvalue weighted by atomic mass is 9.86. The molecule has 4 rings (SSSR count). The summed E-state index contributed by atoms with van der Waals surface area (Å²) in [7, 11) is 0. The van der Waals surface area contributed by atoms with E-state index in [1.165, 1.54) is 5.56 Å². The minimum Gasteiger partial charge on any atom is -0.396 e. The first-order chi connectivity index (χ1) is 12.2. The Balaban J connectivity index is 1.58. The maximum absolute atomic E-state index is 9.28. The molecule has 1 aliphatic rings. The second-order valence-corrected chi connectivity index (χ2v) is 7.08. The average Bonchev–Trinajstić information content (AvgIpc) is 3.06. The predicted molar refractivity (Wildman–Crippen MR) is 99.6 cm³/mol. The molecule has 0 aliphatic heterocycles. The molecule has 25 heavy (non-hydrogen) atoms. The van der Waals surface area contributed by atoms with Crippen molar-refractivity contribution in [2.45, 2.75) is 38.6 Å². The topological polar surface area (TPSA) is 62.5 Å². The summed E-state index contributed by atoms with van der Waals surface area (Å²) >= 11 is 0. The van der Waals surface area contributed by atoms with Gasteiger partial charge in [0.1, 0.15) is 0 Å². The third kappa shape index (κ3) is 3.37. The van der Waals surface area contributed by atoms with E-state index in [2.05, 4.69) is 57.3 Å². The van der Waals surface area contributed by atoms with Crippen molar-refractivity contribution in [2.75, 3.05) is 11.9 Å². The average molecular weight is 336 g/mol. The Labute approximate surface area is 147 Å². The summed E-state index contributed by atoms with van der Waals surface area (Å²) in [6, 6.07) is 12.9. The Morgan fingerprint density at radius 2 is 1.96 bits per heavy atom. The van der Waals surface area contributed by atoms with Crippen LogP contribution in [0.4, 0.5) is 5.69 Å². The SMILES string of the molecule is Cc1cccc(-c2nnc3ccc(NC4CCC(CO)CC4)cn23)c1. The van der Waals surface area contributed by atoms with Gasteiger partial charge in [-0.25, -0.2) is 0 Å². The van der Waals surface area contributed by atoms with Crippen molar-refractivity contribution >= 4 is 11.3 Å². The van der Waals surface area contributed by atoms with E-state index < -0.39 is 0 Å². The zero-order valence-corrected chi connectivity index (χ0v) is 14.5. The van der Waals surface area contributed by atoms with Crippen LogP contribution in [0.3, 0.4) is 0 Å². The van der Waals surface area contributed by atoms with Crippen LogP contribution in [0.25, 0.3) is 17.0 Å². The number of aliphatic hydroxyl groups is 1. The fraction of sp³-hybridized carbons (Fsp3) is 0.400. The first-order valence-electron chi connectivity index (χ1n) is 9.02. The highest BCUT2D eigenvalue weighted by Gasteiger charge is 2.20. The zero-order valence-electron chi connectivity index (χ0n) is 14.5. The smallest absolute Gasteiger partial charge is 0.168 e. The van der Waals surface area contributed by atoms with E-state index in [-0.39, 0.29) is 0 Å². The molecular weight excluding hydrogens is 312 g/mol. The van der Waals surface area contributed by atoms with Crippen LogP contribution in [0.2, 0.25) is 0 Å². The molecule has 2 heterocycles. The second-order valence-electron chi connectivity index (χ2n) is 7.08. The van der Waals surface area contributed by atoms with Gasteiger partial charge in [0.25, 0.3) is 0 Å². The van der Waals surface area contributed by atoms with E-state index in [1.54, 1.807) is 0 Å². The molecule has 0 bridgehead atoms. The minimum absolute atomic E-state index is 0.319. The number of rotatable bonds is 4. The largest absolute Gasteiger partial charge is 0.396 e. The standard InChI is InChI=1S/C20H24N4O/c1-14-3-2-4-16(11-14)20-23-22-19-10-9-18(12-24(19)20)21-17-7-5-15(13-25)6-8-17/h2-4,9-12,15,17,21,25H,5-8,13H2,1H3. The van der Waals surface area contributed by atoms with Gasteiger partial charge in [0, 0.05) is 24.4 Å². The van der Waals surface area contributed by atoms with Crippen molar-refractivity contribution < 1.29 is 5.11 Å². The number of hydrogen-bond acceptors (Lipinski definition) is 4. The molecule has 3 aromatic rings. The van der Waals surface area contributed by atoms with Gasteiger partial charge in [0.2, 0.25) is 0 Å². The van der Waals surface area contributed by atoms with E-state index in [1.807, 2.05) is 12.1 Å². The van der Waals surface area contributed by atoms with Gasteiger partial charge in [0.15, 0.2) is 11.5 Å². The van der Waals surface area contributed by atoms with Crippen molar-refractivity contribution in [3.8, 4) is 11.4 Å². The van der Waals surface area contributed by atoms with E-state index in [0.29, 0.717) is 18.6 Å². The van der Waals surface area contributed by atoms with Crippen molar-refractivity contribution in [3.05, 3.63) is 48.2 Å². The molecule has 130 valence electrons. The summed E-state index contributed by atoms with van der Waals surface area (Å²) in [5.74, 6) is 1.35. The normalized spacial score (nSPS) is 20.7. The molecule has 1 fully saturated rings. The van der Waals surface area contributed by atoms with Gasteiger partial charge < -0.3 is 10.4 Å². The fourth-order valence-corrected chi connectivity index (χ4v) is 3.68. The Hall–Kier alpha value is -2.40. The number of anilines is 1. The fourth-order valence-electron chi connectivity index (χ4n) is 3.68. The Morgan fingerprint density at radius 1 is 1.12 bits per heavy atom. The molecule has 1 aliphatic carbocycles. The first-order valence-corrected chi connectivity index (χ1v) is 9.02. The Morgan fingerprint density at radius 3 is 2.72 bits per heavy atom. The van der Waals surface area contributed by atoms with Crippen LogP contribution in [-0.2, 0) is 0 Å². The lowest BCUT2D eigenvalue weighted by Crippen LogP contribution is -2.27. The number of aryl methyl sites for hydroxylation is 1. The van der Waals surface area contributed by atoms with Crippen LogP contribution >= 0.6 is 0 Å². The molecule has 5 heteroatoms. The Kier molecular flexibility index (Phi) is 4.40. The number of aliphatic hydroxyl groups excluding tert-OH is 1. The molecule has 2 N–H and O–H groups in total. The lowest BCUT2D eigenvalue weighted by Gasteiger charge is -2.28. The third-order valence-electron chi connectivity index (χ3n) is 5.15. The van der Waals surface area contributed by atoms with Gasteiger partial charge >= 0.3 is 0 Å². The number of pyridine rings is 1. The van der Waals surface area contributed by atoms with Gasteiger partial charge in [-0.15, -0.1) is 10.2 Å². The van der Waals surface area contributed by atoms with E-state index in [9.17, 15) is 5.11 Å². The van der Waals surface area contributed by atoms with Gasteiger partial charge in [-0.3, -0.25) is 4.40 Å². The molecule has 0 spiro atoms. The number of fused-ring (bicyclic) bond motifs is 1. The van der Waals surface area contributed by atoms with E-state index in [4.69, 9.17) is 0 Å². The van der Waals surface area contributed by atoms with Gasteiger partial charge in [-0.05, 0) is 56.7 Å². The van der Waals surface area contributed by atoms with E-state index >= 15 is 0 Å².